The largest absolute Gasteiger partial charge is 0.300 e. The molecule has 0 spiro atoms. The molecule has 1 atom stereocenters. The summed E-state index contributed by atoms with van der Waals surface area (Å²) in [6.07, 6.45) is 5.33. The summed E-state index contributed by atoms with van der Waals surface area (Å²) in [5.74, 6) is 0.383. The molecule has 2 aromatic rings. The molecule has 1 aliphatic rings. The van der Waals surface area contributed by atoms with Gasteiger partial charge in [0, 0.05) is 43.7 Å². The van der Waals surface area contributed by atoms with Crippen molar-refractivity contribution in [2.24, 2.45) is 0 Å². The maximum atomic E-state index is 11.4. The fourth-order valence-corrected chi connectivity index (χ4v) is 2.68. The summed E-state index contributed by atoms with van der Waals surface area (Å²) in [5.41, 5.74) is 2.26. The van der Waals surface area contributed by atoms with Crippen molar-refractivity contribution in [1.29, 1.82) is 0 Å². The molecule has 2 heterocycles. The molecule has 104 valence electrons. The molecule has 0 bridgehead atoms. The van der Waals surface area contributed by atoms with Gasteiger partial charge in [0.1, 0.15) is 5.78 Å². The molecule has 0 N–H and O–H groups in total. The van der Waals surface area contributed by atoms with E-state index in [1.165, 1.54) is 5.56 Å². The first kappa shape index (κ1) is 13.1. The predicted octanol–water partition coefficient (Wildman–Crippen LogP) is 2.43. The Kier molecular flexibility index (Phi) is 3.65. The summed E-state index contributed by atoms with van der Waals surface area (Å²) in [7, 11) is 0. The van der Waals surface area contributed by atoms with Crippen molar-refractivity contribution in [2.75, 3.05) is 6.54 Å². The molecule has 1 aliphatic heterocycles. The van der Waals surface area contributed by atoms with Crippen molar-refractivity contribution in [2.45, 2.75) is 32.4 Å². The minimum atomic E-state index is 0.330. The van der Waals surface area contributed by atoms with E-state index >= 15 is 0 Å². The average Bonchev–Trinajstić information content (AvgIpc) is 2.92. The Morgan fingerprint density at radius 1 is 1.30 bits per heavy atom. The number of hydrogen-bond acceptors (Lipinski definition) is 3. The number of para-hydroxylation sites is 1. The first-order valence-corrected chi connectivity index (χ1v) is 7.07. The van der Waals surface area contributed by atoms with E-state index in [0.29, 0.717) is 24.7 Å². The molecule has 0 radical (unpaired) electrons. The van der Waals surface area contributed by atoms with Gasteiger partial charge in [-0.25, -0.2) is 4.68 Å². The van der Waals surface area contributed by atoms with Crippen LogP contribution >= 0.6 is 0 Å². The van der Waals surface area contributed by atoms with Crippen LogP contribution in [0.2, 0.25) is 0 Å². The number of nitrogens with zero attached hydrogens (tertiary/aromatic N) is 3. The summed E-state index contributed by atoms with van der Waals surface area (Å²) in [4.78, 5) is 13.8. The van der Waals surface area contributed by atoms with Gasteiger partial charge in [-0.3, -0.25) is 9.69 Å². The van der Waals surface area contributed by atoms with Gasteiger partial charge in [0.15, 0.2) is 0 Å². The number of rotatable bonds is 3. The van der Waals surface area contributed by atoms with Crippen LogP contribution in [-0.2, 0) is 11.3 Å². The number of Topliss-reactive ketones (excluding diaryl/α,β-unsaturated/α-hetero) is 1. The Bertz CT molecular complexity index is 591. The number of likely N-dealkylation sites (tertiary alicyclic amines) is 1. The van der Waals surface area contributed by atoms with Crippen molar-refractivity contribution < 1.29 is 4.79 Å². The molecular formula is C16H19N3O. The van der Waals surface area contributed by atoms with Crippen LogP contribution in [0.4, 0.5) is 0 Å². The quantitative estimate of drug-likeness (QED) is 0.859. The SMILES string of the molecule is C[C@H]1CC(=O)CCN1Cc1cnn(-c2ccccc2)c1. The molecule has 0 saturated carbocycles. The molecule has 0 unspecified atom stereocenters. The first-order chi connectivity index (χ1) is 9.72. The van der Waals surface area contributed by atoms with Crippen LogP contribution in [0.5, 0.6) is 0 Å². The summed E-state index contributed by atoms with van der Waals surface area (Å²) >= 11 is 0. The van der Waals surface area contributed by atoms with Crippen molar-refractivity contribution in [3.05, 3.63) is 48.3 Å². The van der Waals surface area contributed by atoms with E-state index in [1.807, 2.05) is 41.2 Å². The number of benzene rings is 1. The third kappa shape index (κ3) is 2.80. The minimum absolute atomic E-state index is 0.330. The first-order valence-electron chi connectivity index (χ1n) is 7.07. The molecule has 20 heavy (non-hydrogen) atoms. The maximum absolute atomic E-state index is 11.4. The fourth-order valence-electron chi connectivity index (χ4n) is 2.68. The van der Waals surface area contributed by atoms with E-state index in [2.05, 4.69) is 23.1 Å². The smallest absolute Gasteiger partial charge is 0.135 e. The molecule has 1 aromatic carbocycles. The highest BCUT2D eigenvalue weighted by Crippen LogP contribution is 2.17. The average molecular weight is 269 g/mol. The lowest BCUT2D eigenvalue weighted by Crippen LogP contribution is -2.40. The van der Waals surface area contributed by atoms with Crippen LogP contribution < -0.4 is 0 Å². The summed E-state index contributed by atoms with van der Waals surface area (Å²) in [5, 5.41) is 4.41. The van der Waals surface area contributed by atoms with Gasteiger partial charge in [-0.2, -0.15) is 5.10 Å². The van der Waals surface area contributed by atoms with Crippen LogP contribution in [0.3, 0.4) is 0 Å². The highest BCUT2D eigenvalue weighted by atomic mass is 16.1. The van der Waals surface area contributed by atoms with Gasteiger partial charge in [0.2, 0.25) is 0 Å². The molecule has 0 amide bonds. The van der Waals surface area contributed by atoms with Gasteiger partial charge < -0.3 is 0 Å². The highest BCUT2D eigenvalue weighted by molar-refractivity contribution is 5.79. The standard InChI is InChI=1S/C16H19N3O/c1-13-9-16(20)7-8-18(13)11-14-10-17-19(12-14)15-5-3-2-4-6-15/h2-6,10,12-13H,7-9,11H2,1H3/t13-/m0/s1. The Labute approximate surface area is 119 Å². The topological polar surface area (TPSA) is 38.1 Å². The third-order valence-electron chi connectivity index (χ3n) is 3.87. The van der Waals surface area contributed by atoms with E-state index in [1.54, 1.807) is 0 Å². The van der Waals surface area contributed by atoms with Gasteiger partial charge in [-0.1, -0.05) is 18.2 Å². The lowest BCUT2D eigenvalue weighted by molar-refractivity contribution is -0.123. The number of aromatic nitrogens is 2. The second-order valence-electron chi connectivity index (χ2n) is 5.44. The summed E-state index contributed by atoms with van der Waals surface area (Å²) in [6, 6.07) is 10.4. The van der Waals surface area contributed by atoms with E-state index in [9.17, 15) is 4.79 Å². The monoisotopic (exact) mass is 269 g/mol. The van der Waals surface area contributed by atoms with Crippen LogP contribution in [0.25, 0.3) is 5.69 Å². The zero-order chi connectivity index (χ0) is 13.9. The number of carbonyl (C=O) groups is 1. The van der Waals surface area contributed by atoms with Gasteiger partial charge in [0.05, 0.1) is 11.9 Å². The zero-order valence-electron chi connectivity index (χ0n) is 11.7. The second kappa shape index (κ2) is 5.59. The van der Waals surface area contributed by atoms with Gasteiger partial charge in [0.25, 0.3) is 0 Å². The van der Waals surface area contributed by atoms with Crippen molar-refractivity contribution >= 4 is 5.78 Å². The van der Waals surface area contributed by atoms with Crippen molar-refractivity contribution in [1.82, 2.24) is 14.7 Å². The lowest BCUT2D eigenvalue weighted by Gasteiger charge is -2.32. The fraction of sp³-hybridized carbons (Fsp3) is 0.375. The highest BCUT2D eigenvalue weighted by Gasteiger charge is 2.23. The van der Waals surface area contributed by atoms with Gasteiger partial charge in [-0.05, 0) is 19.1 Å². The predicted molar refractivity (Wildman–Crippen MR) is 77.7 cm³/mol. The number of hydrogen-bond donors (Lipinski definition) is 0. The van der Waals surface area contributed by atoms with E-state index in [0.717, 1.165) is 18.8 Å². The molecule has 1 aromatic heterocycles. The molecule has 1 fully saturated rings. The van der Waals surface area contributed by atoms with Crippen LogP contribution in [0.1, 0.15) is 25.3 Å². The van der Waals surface area contributed by atoms with Crippen LogP contribution in [0.15, 0.2) is 42.7 Å². The molecule has 0 aliphatic carbocycles. The Balaban J connectivity index is 1.70. The number of carbonyl (C=O) groups excluding carboxylic acids is 1. The minimum Gasteiger partial charge on any atom is -0.300 e. The molecular weight excluding hydrogens is 250 g/mol. The molecule has 4 heteroatoms. The number of ketones is 1. The third-order valence-corrected chi connectivity index (χ3v) is 3.87. The normalized spacial score (nSPS) is 20.2. The van der Waals surface area contributed by atoms with E-state index < -0.39 is 0 Å². The maximum Gasteiger partial charge on any atom is 0.135 e. The Morgan fingerprint density at radius 3 is 2.85 bits per heavy atom. The van der Waals surface area contributed by atoms with Crippen LogP contribution in [-0.4, -0.2) is 33.1 Å². The van der Waals surface area contributed by atoms with Gasteiger partial charge in [-0.15, -0.1) is 0 Å². The Hall–Kier alpha value is -1.94. The zero-order valence-corrected chi connectivity index (χ0v) is 11.7. The number of piperidine rings is 1. The van der Waals surface area contributed by atoms with E-state index in [4.69, 9.17) is 0 Å². The molecule has 1 saturated heterocycles. The van der Waals surface area contributed by atoms with Crippen molar-refractivity contribution in [3.8, 4) is 5.69 Å². The second-order valence-corrected chi connectivity index (χ2v) is 5.44. The van der Waals surface area contributed by atoms with Gasteiger partial charge >= 0.3 is 0 Å². The molecule has 3 rings (SSSR count). The van der Waals surface area contributed by atoms with Crippen LogP contribution in [0, 0.1) is 0 Å². The summed E-state index contributed by atoms with van der Waals surface area (Å²) < 4.78 is 1.90. The van der Waals surface area contributed by atoms with Crippen molar-refractivity contribution in [3.63, 3.8) is 0 Å². The lowest BCUT2D eigenvalue weighted by atomic mass is 10.0. The summed E-state index contributed by atoms with van der Waals surface area (Å²) in [6.45, 7) is 3.84. The molecule has 4 nitrogen and oxygen atoms in total. The van der Waals surface area contributed by atoms with E-state index in [-0.39, 0.29) is 0 Å². The Morgan fingerprint density at radius 2 is 2.10 bits per heavy atom.